The number of aliphatic carboxylic acids is 2. The molecule has 0 aliphatic carbocycles. The number of ketones is 1. The molecular weight excluding hydrogens is 522 g/mol. The summed E-state index contributed by atoms with van der Waals surface area (Å²) in [5, 5.41) is 29.2. The van der Waals surface area contributed by atoms with Crippen LogP contribution in [0.25, 0.3) is 17.0 Å². The molecule has 11 heteroatoms. The zero-order chi connectivity index (χ0) is 29.2. The number of aromatic hydroxyl groups is 1. The molecule has 2 unspecified atom stereocenters. The molecule has 0 radical (unpaired) electrons. The first kappa shape index (κ1) is 29.8. The first-order valence-electron chi connectivity index (χ1n) is 12.4. The maximum Gasteiger partial charge on any atom is 0.328 e. The number of carboxylic acid groups (broad SMARTS) is 2. The fraction of sp³-hybridized carbons (Fsp3) is 0.276. The highest BCUT2D eigenvalue weighted by molar-refractivity contribution is 6.15. The van der Waals surface area contributed by atoms with Crippen molar-refractivity contribution < 1.29 is 48.3 Å². The average Bonchev–Trinajstić information content (AvgIpc) is 3.64. The molecule has 2 aromatic carbocycles. The van der Waals surface area contributed by atoms with Gasteiger partial charge in [0.05, 0.1) is 25.9 Å². The Morgan fingerprint density at radius 3 is 2.17 bits per heavy atom. The highest BCUT2D eigenvalue weighted by Crippen LogP contribution is 2.47. The van der Waals surface area contributed by atoms with Crippen molar-refractivity contribution in [1.82, 2.24) is 5.32 Å². The summed E-state index contributed by atoms with van der Waals surface area (Å²) in [4.78, 5) is 32.5. The quantitative estimate of drug-likeness (QED) is 0.209. The number of carboxylic acids is 2. The van der Waals surface area contributed by atoms with Crippen LogP contribution in [0.4, 0.5) is 0 Å². The van der Waals surface area contributed by atoms with Gasteiger partial charge in [-0.3, -0.25) is 4.79 Å². The molecular formula is C29H31NO10. The van der Waals surface area contributed by atoms with Crippen molar-refractivity contribution in [1.29, 1.82) is 0 Å². The van der Waals surface area contributed by atoms with Gasteiger partial charge in [0.1, 0.15) is 23.2 Å². The Kier molecular flexibility index (Phi) is 10.3. The molecule has 0 bridgehead atoms. The number of carbonyl (C=O) groups excluding carboxylic acids is 1. The van der Waals surface area contributed by atoms with Crippen molar-refractivity contribution in [3.8, 4) is 23.0 Å². The summed E-state index contributed by atoms with van der Waals surface area (Å²) in [6.45, 7) is 2.92. The highest BCUT2D eigenvalue weighted by atomic mass is 16.5. The zero-order valence-corrected chi connectivity index (χ0v) is 22.2. The number of benzene rings is 2. The van der Waals surface area contributed by atoms with Crippen LogP contribution in [0.3, 0.4) is 0 Å². The molecule has 3 aromatic rings. The summed E-state index contributed by atoms with van der Waals surface area (Å²) in [5.41, 5.74) is 1.51. The van der Waals surface area contributed by atoms with Crippen molar-refractivity contribution in [3.05, 3.63) is 65.9 Å². The van der Waals surface area contributed by atoms with Gasteiger partial charge in [-0.15, -0.1) is 0 Å². The van der Waals surface area contributed by atoms with Crippen LogP contribution in [0, 0.1) is 0 Å². The van der Waals surface area contributed by atoms with E-state index in [2.05, 4.69) is 5.32 Å². The standard InChI is InChI=1S/C25H27NO6.C4H4O4/c1-15(19-5-4-13-26-19)32-24-21(20(28)11-8-16-6-9-17(27)10-7-16)22(29-2)18-12-14-31-23(18)25(24)30-3;5-3(6)1-2-4(7)8/h6-12,14-15,19,26-27H,4-5,13H2,1-3H3;1-2H,(H,5,6)(H,7,8)/b11-8+;2-1-. The van der Waals surface area contributed by atoms with E-state index in [0.717, 1.165) is 24.9 Å². The number of furan rings is 1. The summed E-state index contributed by atoms with van der Waals surface area (Å²) in [6, 6.07) is 8.49. The maximum atomic E-state index is 13.4. The molecule has 212 valence electrons. The van der Waals surface area contributed by atoms with Crippen molar-refractivity contribution in [2.45, 2.75) is 31.9 Å². The Labute approximate surface area is 230 Å². The molecule has 1 aliphatic rings. The molecule has 1 aliphatic heterocycles. The van der Waals surface area contributed by atoms with Crippen LogP contribution in [-0.4, -0.2) is 66.0 Å². The Hall–Kier alpha value is -4.77. The number of allylic oxidation sites excluding steroid dienone is 1. The largest absolute Gasteiger partial charge is 0.508 e. The Bertz CT molecular complexity index is 1380. The lowest BCUT2D eigenvalue weighted by Gasteiger charge is -2.24. The molecule has 0 saturated carbocycles. The summed E-state index contributed by atoms with van der Waals surface area (Å²) in [6.07, 6.45) is 7.66. The average molecular weight is 554 g/mol. The number of phenols is 1. The molecule has 11 nitrogen and oxygen atoms in total. The first-order chi connectivity index (χ1) is 19.2. The predicted molar refractivity (Wildman–Crippen MR) is 146 cm³/mol. The fourth-order valence-electron chi connectivity index (χ4n) is 4.22. The molecule has 2 heterocycles. The number of hydrogen-bond donors (Lipinski definition) is 4. The van der Waals surface area contributed by atoms with Gasteiger partial charge in [0.2, 0.25) is 5.75 Å². The van der Waals surface area contributed by atoms with Crippen molar-refractivity contribution in [2.75, 3.05) is 20.8 Å². The van der Waals surface area contributed by atoms with Gasteiger partial charge in [0.15, 0.2) is 17.1 Å². The second-order valence-corrected chi connectivity index (χ2v) is 8.76. The lowest BCUT2D eigenvalue weighted by atomic mass is 10.0. The fourth-order valence-corrected chi connectivity index (χ4v) is 4.22. The van der Waals surface area contributed by atoms with Crippen LogP contribution in [0.2, 0.25) is 0 Å². The molecule has 0 amide bonds. The Morgan fingerprint density at radius 2 is 1.62 bits per heavy atom. The van der Waals surface area contributed by atoms with E-state index < -0.39 is 11.9 Å². The molecule has 4 N–H and O–H groups in total. The minimum atomic E-state index is -1.26. The van der Waals surface area contributed by atoms with Crippen molar-refractivity contribution >= 4 is 34.8 Å². The van der Waals surface area contributed by atoms with E-state index in [9.17, 15) is 19.5 Å². The van der Waals surface area contributed by atoms with Crippen LogP contribution in [0.1, 0.15) is 35.7 Å². The number of methoxy groups -OCH3 is 2. The lowest BCUT2D eigenvalue weighted by molar-refractivity contribution is -0.134. The van der Waals surface area contributed by atoms with E-state index in [1.807, 2.05) is 6.92 Å². The third kappa shape index (κ3) is 7.41. The van der Waals surface area contributed by atoms with Crippen molar-refractivity contribution in [2.24, 2.45) is 0 Å². The minimum absolute atomic E-state index is 0.162. The van der Waals surface area contributed by atoms with Gasteiger partial charge < -0.3 is 39.3 Å². The van der Waals surface area contributed by atoms with Gasteiger partial charge in [-0.1, -0.05) is 18.2 Å². The lowest BCUT2D eigenvalue weighted by Crippen LogP contribution is -2.37. The summed E-state index contributed by atoms with van der Waals surface area (Å²) < 4.78 is 23.3. The summed E-state index contributed by atoms with van der Waals surface area (Å²) >= 11 is 0. The second kappa shape index (κ2) is 13.9. The zero-order valence-electron chi connectivity index (χ0n) is 22.2. The summed E-state index contributed by atoms with van der Waals surface area (Å²) in [7, 11) is 3.04. The van der Waals surface area contributed by atoms with E-state index in [0.29, 0.717) is 40.4 Å². The summed E-state index contributed by atoms with van der Waals surface area (Å²) in [5.74, 6) is -1.62. The number of phenolic OH excluding ortho intramolecular Hbond substituents is 1. The number of hydrogen-bond acceptors (Lipinski definition) is 9. The molecule has 4 rings (SSSR count). The monoisotopic (exact) mass is 553 g/mol. The van der Waals surface area contributed by atoms with Crippen LogP contribution >= 0.6 is 0 Å². The molecule has 0 spiro atoms. The maximum absolute atomic E-state index is 13.4. The molecule has 1 fully saturated rings. The Morgan fingerprint density at radius 1 is 0.975 bits per heavy atom. The smallest absolute Gasteiger partial charge is 0.328 e. The van der Waals surface area contributed by atoms with Crippen molar-refractivity contribution in [3.63, 3.8) is 0 Å². The van der Waals surface area contributed by atoms with Crippen LogP contribution in [0.5, 0.6) is 23.0 Å². The normalized spacial score (nSPS) is 15.5. The molecule has 2 atom stereocenters. The number of fused-ring (bicyclic) bond motifs is 1. The second-order valence-electron chi connectivity index (χ2n) is 8.76. The van der Waals surface area contributed by atoms with Crippen LogP contribution < -0.4 is 19.5 Å². The van der Waals surface area contributed by atoms with Gasteiger partial charge in [-0.25, -0.2) is 9.59 Å². The van der Waals surface area contributed by atoms with Gasteiger partial charge in [0, 0.05) is 18.2 Å². The van der Waals surface area contributed by atoms with Gasteiger partial charge in [-0.2, -0.15) is 0 Å². The third-order valence-corrected chi connectivity index (χ3v) is 6.09. The number of nitrogens with one attached hydrogen (secondary N) is 1. The Balaban J connectivity index is 0.000000482. The van der Waals surface area contributed by atoms with Gasteiger partial charge in [0.25, 0.3) is 0 Å². The topological polar surface area (TPSA) is 165 Å². The molecule has 1 saturated heterocycles. The number of rotatable bonds is 10. The SMILES string of the molecule is COc1c(C(=O)/C=C/c2ccc(O)cc2)c(OC(C)C2CCCN2)c(OC)c2occc12.O=C(O)/C=C\C(=O)O. The van der Waals surface area contributed by atoms with E-state index in [1.165, 1.54) is 26.6 Å². The van der Waals surface area contributed by atoms with Gasteiger partial charge in [-0.05, 0) is 56.1 Å². The van der Waals surface area contributed by atoms with Crippen LogP contribution in [-0.2, 0) is 9.59 Å². The molecule has 1 aromatic heterocycles. The number of ether oxygens (including phenoxy) is 3. The number of carbonyl (C=O) groups is 3. The van der Waals surface area contributed by atoms with Crippen LogP contribution in [0.15, 0.2) is 59.2 Å². The highest BCUT2D eigenvalue weighted by Gasteiger charge is 2.31. The van der Waals surface area contributed by atoms with E-state index >= 15 is 0 Å². The minimum Gasteiger partial charge on any atom is -0.508 e. The van der Waals surface area contributed by atoms with Gasteiger partial charge >= 0.3 is 11.9 Å². The third-order valence-electron chi connectivity index (χ3n) is 6.09. The molecule has 40 heavy (non-hydrogen) atoms. The van der Waals surface area contributed by atoms with E-state index in [1.54, 1.807) is 36.4 Å². The van der Waals surface area contributed by atoms with E-state index in [4.69, 9.17) is 28.8 Å². The van der Waals surface area contributed by atoms with E-state index in [-0.39, 0.29) is 29.2 Å². The predicted octanol–water partition coefficient (Wildman–Crippen LogP) is 4.28. The first-order valence-corrected chi connectivity index (χ1v) is 12.4.